The smallest absolute Gasteiger partial charge is 0.133 e. The van der Waals surface area contributed by atoms with Gasteiger partial charge >= 0.3 is 0 Å². The first kappa shape index (κ1) is 6.37. The normalized spacial score (nSPS) is 28.9. The molecule has 1 aliphatic rings. The molecular formula is C6H11ClO. The lowest BCUT2D eigenvalue weighted by molar-refractivity contribution is 0.0335. The summed E-state index contributed by atoms with van der Waals surface area (Å²) in [6.45, 7) is 2.02. The molecule has 1 aliphatic carbocycles. The van der Waals surface area contributed by atoms with Gasteiger partial charge < -0.3 is 5.11 Å². The molecule has 0 saturated heterocycles. The van der Waals surface area contributed by atoms with E-state index in [0.29, 0.717) is 0 Å². The van der Waals surface area contributed by atoms with Crippen LogP contribution < -0.4 is 0 Å². The van der Waals surface area contributed by atoms with Crippen LogP contribution in [0.3, 0.4) is 0 Å². The van der Waals surface area contributed by atoms with Gasteiger partial charge in [-0.2, -0.15) is 0 Å². The third-order valence-corrected chi connectivity index (χ3v) is 2.60. The summed E-state index contributed by atoms with van der Waals surface area (Å²) in [5, 5.41) is 8.90. The zero-order chi connectivity index (χ0) is 6.20. The van der Waals surface area contributed by atoms with E-state index in [2.05, 4.69) is 0 Å². The highest BCUT2D eigenvalue weighted by Gasteiger charge is 2.37. The maximum absolute atomic E-state index is 8.90. The van der Waals surface area contributed by atoms with Gasteiger partial charge in [0.25, 0.3) is 0 Å². The van der Waals surface area contributed by atoms with Crippen LogP contribution in [0.2, 0.25) is 0 Å². The Bertz CT molecular complexity index is 86.5. The van der Waals surface area contributed by atoms with E-state index in [1.165, 1.54) is 6.42 Å². The van der Waals surface area contributed by atoms with Crippen LogP contribution in [0, 0.1) is 5.41 Å². The molecule has 1 saturated carbocycles. The van der Waals surface area contributed by atoms with Crippen LogP contribution in [0.15, 0.2) is 0 Å². The van der Waals surface area contributed by atoms with Crippen molar-refractivity contribution in [3.63, 3.8) is 0 Å². The van der Waals surface area contributed by atoms with Crippen LogP contribution >= 0.6 is 11.6 Å². The number of rotatable bonds is 1. The first-order valence-electron chi connectivity index (χ1n) is 2.97. The van der Waals surface area contributed by atoms with E-state index >= 15 is 0 Å². The minimum absolute atomic E-state index is 0.0432. The van der Waals surface area contributed by atoms with Crippen LogP contribution in [0.25, 0.3) is 0 Å². The van der Waals surface area contributed by atoms with Crippen molar-refractivity contribution in [3.05, 3.63) is 0 Å². The molecule has 1 N–H and O–H groups in total. The Balaban J connectivity index is 2.41. The fraction of sp³-hybridized carbons (Fsp3) is 1.00. The number of aliphatic hydroxyl groups excluding tert-OH is 1. The summed E-state index contributed by atoms with van der Waals surface area (Å²) in [6, 6.07) is 0. The molecule has 0 radical (unpaired) electrons. The lowest BCUT2D eigenvalue weighted by atomic mass is 9.71. The molecule has 0 amide bonds. The average molecular weight is 135 g/mol. The lowest BCUT2D eigenvalue weighted by Gasteiger charge is -2.39. The molecule has 0 aliphatic heterocycles. The van der Waals surface area contributed by atoms with Gasteiger partial charge in [-0.3, -0.25) is 0 Å². The first-order valence-corrected chi connectivity index (χ1v) is 3.41. The Labute approximate surface area is 54.7 Å². The molecule has 0 aromatic heterocycles. The third-order valence-electron chi connectivity index (χ3n) is 2.07. The quantitative estimate of drug-likeness (QED) is 0.542. The van der Waals surface area contributed by atoms with Gasteiger partial charge in [0.15, 0.2) is 0 Å². The second-order valence-electron chi connectivity index (χ2n) is 2.84. The topological polar surface area (TPSA) is 20.2 Å². The van der Waals surface area contributed by atoms with Crippen molar-refractivity contribution in [2.75, 3.05) is 0 Å². The minimum Gasteiger partial charge on any atom is -0.377 e. The first-order chi connectivity index (χ1) is 3.65. The summed E-state index contributed by atoms with van der Waals surface area (Å²) in [6.07, 6.45) is 3.38. The average Bonchev–Trinajstić information content (AvgIpc) is 1.60. The van der Waals surface area contributed by atoms with Crippen LogP contribution in [0.4, 0.5) is 0 Å². The van der Waals surface area contributed by atoms with Crippen molar-refractivity contribution < 1.29 is 5.11 Å². The molecule has 1 rings (SSSR count). The molecule has 48 valence electrons. The summed E-state index contributed by atoms with van der Waals surface area (Å²) in [5.41, 5.74) is -0.585. The van der Waals surface area contributed by atoms with Gasteiger partial charge in [-0.15, -0.1) is 0 Å². The van der Waals surface area contributed by atoms with E-state index in [1.807, 2.05) is 6.92 Å². The van der Waals surface area contributed by atoms with Crippen molar-refractivity contribution in [1.29, 1.82) is 0 Å². The SMILES string of the molecule is CC1(C(O)Cl)CCC1. The summed E-state index contributed by atoms with van der Waals surface area (Å²) >= 11 is 5.48. The standard InChI is InChI=1S/C6H11ClO/c1-6(5(7)8)3-2-4-6/h5,8H,2-4H2,1H3. The van der Waals surface area contributed by atoms with Gasteiger partial charge in [0.05, 0.1) is 0 Å². The molecule has 1 nitrogen and oxygen atoms in total. The number of aliphatic hydroxyl groups is 1. The predicted molar refractivity (Wildman–Crippen MR) is 33.8 cm³/mol. The fourth-order valence-electron chi connectivity index (χ4n) is 0.973. The van der Waals surface area contributed by atoms with Gasteiger partial charge in [-0.25, -0.2) is 0 Å². The molecule has 1 fully saturated rings. The van der Waals surface area contributed by atoms with Crippen LogP contribution in [0.5, 0.6) is 0 Å². The van der Waals surface area contributed by atoms with E-state index in [0.717, 1.165) is 12.8 Å². The third kappa shape index (κ3) is 0.848. The summed E-state index contributed by atoms with van der Waals surface area (Å²) in [4.78, 5) is 0. The van der Waals surface area contributed by atoms with E-state index in [-0.39, 0.29) is 5.41 Å². The zero-order valence-electron chi connectivity index (χ0n) is 5.02. The van der Waals surface area contributed by atoms with E-state index in [4.69, 9.17) is 16.7 Å². The predicted octanol–water partition coefficient (Wildman–Crippen LogP) is 1.73. The molecule has 0 heterocycles. The Morgan fingerprint density at radius 1 is 1.62 bits per heavy atom. The largest absolute Gasteiger partial charge is 0.377 e. The number of hydrogen-bond donors (Lipinski definition) is 1. The van der Waals surface area contributed by atoms with E-state index < -0.39 is 5.56 Å². The monoisotopic (exact) mass is 134 g/mol. The van der Waals surface area contributed by atoms with Gasteiger partial charge in [0.1, 0.15) is 5.56 Å². The van der Waals surface area contributed by atoms with Crippen molar-refractivity contribution in [3.8, 4) is 0 Å². The Morgan fingerprint density at radius 3 is 2.12 bits per heavy atom. The second-order valence-corrected chi connectivity index (χ2v) is 3.26. The number of hydrogen-bond acceptors (Lipinski definition) is 1. The van der Waals surface area contributed by atoms with E-state index in [1.54, 1.807) is 0 Å². The molecule has 1 atom stereocenters. The van der Waals surface area contributed by atoms with Crippen molar-refractivity contribution >= 4 is 11.6 Å². The highest BCUT2D eigenvalue weighted by Crippen LogP contribution is 2.44. The highest BCUT2D eigenvalue weighted by molar-refractivity contribution is 6.20. The van der Waals surface area contributed by atoms with Crippen LogP contribution in [0.1, 0.15) is 26.2 Å². The van der Waals surface area contributed by atoms with Crippen molar-refractivity contribution in [2.45, 2.75) is 31.7 Å². The van der Waals surface area contributed by atoms with Gasteiger partial charge in [-0.05, 0) is 12.8 Å². The maximum Gasteiger partial charge on any atom is 0.133 e. The summed E-state index contributed by atoms with van der Waals surface area (Å²) in [7, 11) is 0. The van der Waals surface area contributed by atoms with Crippen LogP contribution in [-0.4, -0.2) is 10.7 Å². The zero-order valence-corrected chi connectivity index (χ0v) is 5.78. The molecule has 2 heteroatoms. The van der Waals surface area contributed by atoms with Crippen LogP contribution in [-0.2, 0) is 0 Å². The summed E-state index contributed by atoms with van der Waals surface area (Å²) in [5.74, 6) is 0. The van der Waals surface area contributed by atoms with Crippen molar-refractivity contribution in [1.82, 2.24) is 0 Å². The minimum atomic E-state index is -0.628. The lowest BCUT2D eigenvalue weighted by Crippen LogP contribution is -2.34. The van der Waals surface area contributed by atoms with Gasteiger partial charge in [0.2, 0.25) is 0 Å². The molecule has 8 heavy (non-hydrogen) atoms. The van der Waals surface area contributed by atoms with Gasteiger partial charge in [0, 0.05) is 5.41 Å². The Morgan fingerprint density at radius 2 is 2.12 bits per heavy atom. The molecular weight excluding hydrogens is 124 g/mol. The Kier molecular flexibility index (Phi) is 1.50. The summed E-state index contributed by atoms with van der Waals surface area (Å²) < 4.78 is 0. The molecule has 0 spiro atoms. The Hall–Kier alpha value is 0.250. The second kappa shape index (κ2) is 1.89. The van der Waals surface area contributed by atoms with Gasteiger partial charge in [-0.1, -0.05) is 24.9 Å². The number of alkyl halides is 1. The molecule has 0 aromatic rings. The highest BCUT2D eigenvalue weighted by atomic mass is 35.5. The molecule has 1 unspecified atom stereocenters. The maximum atomic E-state index is 8.90. The van der Waals surface area contributed by atoms with Crippen molar-refractivity contribution in [2.24, 2.45) is 5.41 Å². The molecule has 0 bridgehead atoms. The fourth-order valence-corrected chi connectivity index (χ4v) is 1.19. The molecule has 0 aromatic carbocycles. The van der Waals surface area contributed by atoms with E-state index in [9.17, 15) is 0 Å². The number of halogens is 1.